The van der Waals surface area contributed by atoms with Crippen molar-refractivity contribution in [3.05, 3.63) is 12.2 Å². The molecule has 2 bridgehead atoms. The number of rotatable bonds is 1. The van der Waals surface area contributed by atoms with Crippen LogP contribution in [0, 0.1) is 5.92 Å². The summed E-state index contributed by atoms with van der Waals surface area (Å²) in [6.07, 6.45) is 4.14. The van der Waals surface area contributed by atoms with E-state index in [0.29, 0.717) is 6.42 Å². The summed E-state index contributed by atoms with van der Waals surface area (Å²) in [5.74, 6) is -0.560. The Balaban J connectivity index is 2.27. The summed E-state index contributed by atoms with van der Waals surface area (Å²) in [5.41, 5.74) is 0. The largest absolute Gasteiger partial charge is 0.469 e. The van der Waals surface area contributed by atoms with E-state index >= 15 is 0 Å². The molecule has 0 aromatic rings. The molecule has 2 aliphatic rings. The number of carbonyl (C=O) groups is 2. The standard InChI is InChI=1S/C10H13NO3/c1-11-6-3-4-8(12)9(11)7(5-6)10(13)14-2/h3-4,6-7,9H,5H2,1-2H3/t6-,7-,9-/m0/s1. The van der Waals surface area contributed by atoms with Gasteiger partial charge in [0.05, 0.1) is 19.1 Å². The summed E-state index contributed by atoms with van der Waals surface area (Å²) >= 11 is 0. The van der Waals surface area contributed by atoms with E-state index in [2.05, 4.69) is 0 Å². The van der Waals surface area contributed by atoms with Crippen molar-refractivity contribution < 1.29 is 14.3 Å². The van der Waals surface area contributed by atoms with Crippen LogP contribution in [0.25, 0.3) is 0 Å². The number of fused-ring (bicyclic) bond motifs is 2. The van der Waals surface area contributed by atoms with Crippen LogP contribution in [-0.2, 0) is 14.3 Å². The second-order valence-corrected chi connectivity index (χ2v) is 3.80. The molecule has 4 heteroatoms. The van der Waals surface area contributed by atoms with Gasteiger partial charge in [-0.3, -0.25) is 14.5 Å². The Labute approximate surface area is 82.5 Å². The van der Waals surface area contributed by atoms with Gasteiger partial charge in [-0.15, -0.1) is 0 Å². The Bertz CT molecular complexity index is 310. The van der Waals surface area contributed by atoms with Gasteiger partial charge < -0.3 is 4.74 Å². The SMILES string of the molecule is COC(=O)[C@H]1C[C@@H]2C=CC(=O)[C@H]1N2C. The number of esters is 1. The molecule has 0 N–H and O–H groups in total. The molecular weight excluding hydrogens is 182 g/mol. The highest BCUT2D eigenvalue weighted by atomic mass is 16.5. The Morgan fingerprint density at radius 2 is 2.36 bits per heavy atom. The fraction of sp³-hybridized carbons (Fsp3) is 0.600. The molecular formula is C10H13NO3. The Hall–Kier alpha value is -1.16. The summed E-state index contributed by atoms with van der Waals surface area (Å²) in [4.78, 5) is 24.9. The summed E-state index contributed by atoms with van der Waals surface area (Å²) < 4.78 is 4.69. The van der Waals surface area contributed by atoms with Crippen molar-refractivity contribution in [1.82, 2.24) is 4.90 Å². The van der Waals surface area contributed by atoms with Crippen LogP contribution in [-0.4, -0.2) is 42.9 Å². The van der Waals surface area contributed by atoms with Gasteiger partial charge in [0.2, 0.25) is 0 Å². The molecule has 0 aromatic carbocycles. The van der Waals surface area contributed by atoms with Crippen molar-refractivity contribution in [2.24, 2.45) is 5.92 Å². The van der Waals surface area contributed by atoms with Crippen LogP contribution in [0.15, 0.2) is 12.2 Å². The normalized spacial score (nSPS) is 36.1. The molecule has 4 nitrogen and oxygen atoms in total. The fourth-order valence-electron chi connectivity index (χ4n) is 2.34. The van der Waals surface area contributed by atoms with E-state index in [-0.39, 0.29) is 29.8 Å². The number of nitrogens with zero attached hydrogens (tertiary/aromatic N) is 1. The molecule has 0 saturated carbocycles. The molecule has 1 saturated heterocycles. The van der Waals surface area contributed by atoms with E-state index < -0.39 is 0 Å². The van der Waals surface area contributed by atoms with Gasteiger partial charge >= 0.3 is 5.97 Å². The Kier molecular flexibility index (Phi) is 2.15. The van der Waals surface area contributed by atoms with Crippen molar-refractivity contribution in [1.29, 1.82) is 0 Å². The lowest BCUT2D eigenvalue weighted by atomic mass is 9.98. The van der Waals surface area contributed by atoms with Crippen LogP contribution >= 0.6 is 0 Å². The van der Waals surface area contributed by atoms with E-state index in [9.17, 15) is 9.59 Å². The fourth-order valence-corrected chi connectivity index (χ4v) is 2.34. The Morgan fingerprint density at radius 1 is 1.64 bits per heavy atom. The summed E-state index contributed by atoms with van der Waals surface area (Å²) in [5, 5.41) is 0. The van der Waals surface area contributed by atoms with Crippen LogP contribution in [0.4, 0.5) is 0 Å². The highest BCUT2D eigenvalue weighted by Gasteiger charge is 2.47. The first-order valence-electron chi connectivity index (χ1n) is 4.67. The van der Waals surface area contributed by atoms with Gasteiger partial charge in [0.15, 0.2) is 5.78 Å². The van der Waals surface area contributed by atoms with E-state index in [0.717, 1.165) is 0 Å². The third kappa shape index (κ3) is 1.18. The van der Waals surface area contributed by atoms with Gasteiger partial charge in [0.25, 0.3) is 0 Å². The van der Waals surface area contributed by atoms with Gasteiger partial charge in [-0.1, -0.05) is 6.08 Å². The first-order chi connectivity index (χ1) is 6.65. The zero-order chi connectivity index (χ0) is 10.3. The first-order valence-corrected chi connectivity index (χ1v) is 4.67. The number of methoxy groups -OCH3 is 1. The monoisotopic (exact) mass is 195 g/mol. The van der Waals surface area contributed by atoms with Crippen LogP contribution in [0.3, 0.4) is 0 Å². The minimum atomic E-state index is -0.308. The maximum absolute atomic E-state index is 11.6. The minimum Gasteiger partial charge on any atom is -0.469 e. The highest BCUT2D eigenvalue weighted by molar-refractivity contribution is 5.99. The number of hydrogen-bond donors (Lipinski definition) is 0. The molecule has 0 radical (unpaired) electrons. The van der Waals surface area contributed by atoms with Crippen molar-refractivity contribution in [2.45, 2.75) is 18.5 Å². The lowest BCUT2D eigenvalue weighted by molar-refractivity contribution is -0.147. The van der Waals surface area contributed by atoms with Crippen LogP contribution in [0.2, 0.25) is 0 Å². The van der Waals surface area contributed by atoms with Gasteiger partial charge in [-0.2, -0.15) is 0 Å². The number of carbonyl (C=O) groups excluding carboxylic acids is 2. The Morgan fingerprint density at radius 3 is 3.00 bits per heavy atom. The molecule has 76 valence electrons. The summed E-state index contributed by atoms with van der Waals surface area (Å²) in [6.45, 7) is 0. The number of hydrogen-bond acceptors (Lipinski definition) is 4. The number of ether oxygens (including phenoxy) is 1. The van der Waals surface area contributed by atoms with Crippen molar-refractivity contribution in [2.75, 3.05) is 14.2 Å². The van der Waals surface area contributed by atoms with Crippen molar-refractivity contribution >= 4 is 11.8 Å². The van der Waals surface area contributed by atoms with Crippen LogP contribution in [0.1, 0.15) is 6.42 Å². The molecule has 2 rings (SSSR count). The van der Waals surface area contributed by atoms with Crippen molar-refractivity contribution in [3.63, 3.8) is 0 Å². The molecule has 14 heavy (non-hydrogen) atoms. The maximum atomic E-state index is 11.6. The molecule has 3 atom stereocenters. The van der Waals surface area contributed by atoms with E-state index in [1.165, 1.54) is 7.11 Å². The molecule has 2 aliphatic heterocycles. The summed E-state index contributed by atoms with van der Waals surface area (Å²) in [7, 11) is 3.24. The quantitative estimate of drug-likeness (QED) is 0.552. The lowest BCUT2D eigenvalue weighted by Gasteiger charge is -2.26. The number of likely N-dealkylation sites (N-methyl/N-ethyl adjacent to an activating group) is 1. The van der Waals surface area contributed by atoms with E-state index in [1.807, 2.05) is 18.0 Å². The predicted molar refractivity (Wildman–Crippen MR) is 49.6 cm³/mol. The van der Waals surface area contributed by atoms with Gasteiger partial charge in [0, 0.05) is 6.04 Å². The molecule has 2 heterocycles. The third-order valence-corrected chi connectivity index (χ3v) is 3.12. The minimum absolute atomic E-state index is 0.0108. The smallest absolute Gasteiger partial charge is 0.310 e. The van der Waals surface area contributed by atoms with Crippen molar-refractivity contribution in [3.8, 4) is 0 Å². The zero-order valence-electron chi connectivity index (χ0n) is 8.27. The first kappa shape index (κ1) is 9.40. The predicted octanol–water partition coefficient (Wildman–Crippen LogP) is -0.0128. The van der Waals surface area contributed by atoms with E-state index in [4.69, 9.17) is 4.74 Å². The number of ketones is 1. The topological polar surface area (TPSA) is 46.6 Å². The second kappa shape index (κ2) is 3.20. The summed E-state index contributed by atoms with van der Waals surface area (Å²) in [6, 6.07) is -0.0979. The van der Waals surface area contributed by atoms with Gasteiger partial charge in [-0.25, -0.2) is 0 Å². The molecule has 0 unspecified atom stereocenters. The average Bonchev–Trinajstić information content (AvgIpc) is 2.39. The third-order valence-electron chi connectivity index (χ3n) is 3.12. The molecule has 0 spiro atoms. The average molecular weight is 195 g/mol. The van der Waals surface area contributed by atoms with Crippen LogP contribution in [0.5, 0.6) is 0 Å². The maximum Gasteiger partial charge on any atom is 0.310 e. The lowest BCUT2D eigenvalue weighted by Crippen LogP contribution is -2.43. The van der Waals surface area contributed by atoms with Gasteiger partial charge in [-0.05, 0) is 19.5 Å². The second-order valence-electron chi connectivity index (χ2n) is 3.80. The molecule has 0 aliphatic carbocycles. The zero-order valence-corrected chi connectivity index (χ0v) is 8.27. The molecule has 0 aromatic heterocycles. The highest BCUT2D eigenvalue weighted by Crippen LogP contribution is 2.33. The molecule has 0 amide bonds. The molecule has 1 fully saturated rings. The van der Waals surface area contributed by atoms with E-state index in [1.54, 1.807) is 6.08 Å². The van der Waals surface area contributed by atoms with Crippen LogP contribution < -0.4 is 0 Å². The van der Waals surface area contributed by atoms with Gasteiger partial charge in [0.1, 0.15) is 0 Å².